The summed E-state index contributed by atoms with van der Waals surface area (Å²) in [5.41, 5.74) is 2.34. The Labute approximate surface area is 100 Å². The van der Waals surface area contributed by atoms with Crippen molar-refractivity contribution < 1.29 is 10.2 Å². The normalized spacial score (nSPS) is 11.5. The molecule has 0 atom stereocenters. The van der Waals surface area contributed by atoms with Gasteiger partial charge in [0.25, 0.3) is 0 Å². The molecular formula is C15H14O2. The number of rotatable bonds is 2. The third kappa shape index (κ3) is 2.48. The van der Waals surface area contributed by atoms with Gasteiger partial charge in [-0.1, -0.05) is 42.5 Å². The summed E-state index contributed by atoms with van der Waals surface area (Å²) in [7, 11) is 0. The number of allylic oxidation sites excluding steroid dienone is 1. The molecule has 2 rings (SSSR count). The van der Waals surface area contributed by atoms with Crippen LogP contribution in [0.2, 0.25) is 0 Å². The van der Waals surface area contributed by atoms with Crippen molar-refractivity contribution in [3.05, 3.63) is 59.7 Å². The fourth-order valence-corrected chi connectivity index (χ4v) is 1.80. The molecule has 0 saturated carbocycles. The van der Waals surface area contributed by atoms with Crippen LogP contribution >= 0.6 is 0 Å². The Morgan fingerprint density at radius 1 is 0.882 bits per heavy atom. The van der Waals surface area contributed by atoms with Crippen LogP contribution in [0.15, 0.2) is 48.5 Å². The van der Waals surface area contributed by atoms with Crippen LogP contribution < -0.4 is 0 Å². The maximum atomic E-state index is 9.74. The number of hydrogen-bond acceptors (Lipinski definition) is 2. The van der Waals surface area contributed by atoms with Crippen LogP contribution in [0.3, 0.4) is 0 Å². The second kappa shape index (κ2) is 4.74. The molecule has 0 fully saturated rings. The molecule has 0 radical (unpaired) electrons. The molecule has 0 aromatic heterocycles. The van der Waals surface area contributed by atoms with E-state index in [2.05, 4.69) is 0 Å². The molecule has 17 heavy (non-hydrogen) atoms. The zero-order valence-electron chi connectivity index (χ0n) is 9.59. The Morgan fingerprint density at radius 2 is 1.47 bits per heavy atom. The molecule has 2 nitrogen and oxygen atoms in total. The van der Waals surface area contributed by atoms with E-state index in [1.807, 2.05) is 43.3 Å². The molecule has 0 bridgehead atoms. The van der Waals surface area contributed by atoms with Gasteiger partial charge in [0.05, 0.1) is 5.56 Å². The molecule has 2 heteroatoms. The Balaban J connectivity index is 2.44. The molecule has 0 heterocycles. The summed E-state index contributed by atoms with van der Waals surface area (Å²) in [6.45, 7) is 1.86. The van der Waals surface area contributed by atoms with E-state index < -0.39 is 0 Å². The molecule has 0 amide bonds. The first-order chi connectivity index (χ1) is 8.18. The van der Waals surface area contributed by atoms with E-state index >= 15 is 0 Å². The quantitative estimate of drug-likeness (QED) is 0.767. The van der Waals surface area contributed by atoms with Crippen molar-refractivity contribution in [3.8, 4) is 11.5 Å². The summed E-state index contributed by atoms with van der Waals surface area (Å²) in [4.78, 5) is 0. The van der Waals surface area contributed by atoms with E-state index in [4.69, 9.17) is 0 Å². The average molecular weight is 226 g/mol. The van der Waals surface area contributed by atoms with Gasteiger partial charge in [-0.2, -0.15) is 0 Å². The highest BCUT2D eigenvalue weighted by Crippen LogP contribution is 2.33. The van der Waals surface area contributed by atoms with E-state index in [1.165, 1.54) is 0 Å². The van der Waals surface area contributed by atoms with Gasteiger partial charge in [0.15, 0.2) is 0 Å². The third-order valence-electron chi connectivity index (χ3n) is 2.60. The lowest BCUT2D eigenvalue weighted by Gasteiger charge is -2.07. The third-order valence-corrected chi connectivity index (χ3v) is 2.60. The Bertz CT molecular complexity index is 522. The van der Waals surface area contributed by atoms with Gasteiger partial charge in [0.1, 0.15) is 11.5 Å². The Hall–Kier alpha value is -2.22. The lowest BCUT2D eigenvalue weighted by atomic mass is 10.0. The van der Waals surface area contributed by atoms with Crippen molar-refractivity contribution in [2.45, 2.75) is 6.92 Å². The van der Waals surface area contributed by atoms with Crippen molar-refractivity contribution in [1.29, 1.82) is 0 Å². The summed E-state index contributed by atoms with van der Waals surface area (Å²) in [6, 6.07) is 14.5. The summed E-state index contributed by atoms with van der Waals surface area (Å²) >= 11 is 0. The van der Waals surface area contributed by atoms with Crippen LogP contribution in [-0.2, 0) is 0 Å². The van der Waals surface area contributed by atoms with Crippen LogP contribution in [0.5, 0.6) is 11.5 Å². The molecule has 2 aromatic carbocycles. The summed E-state index contributed by atoms with van der Waals surface area (Å²) < 4.78 is 0. The minimum Gasteiger partial charge on any atom is -0.507 e. The molecular weight excluding hydrogens is 212 g/mol. The van der Waals surface area contributed by atoms with E-state index in [1.54, 1.807) is 18.2 Å². The highest BCUT2D eigenvalue weighted by atomic mass is 16.3. The zero-order valence-corrected chi connectivity index (χ0v) is 9.59. The van der Waals surface area contributed by atoms with Crippen molar-refractivity contribution in [2.24, 2.45) is 0 Å². The summed E-state index contributed by atoms with van der Waals surface area (Å²) in [6.07, 6.45) is 1.93. The number of benzene rings is 2. The van der Waals surface area contributed by atoms with Gasteiger partial charge in [0, 0.05) is 0 Å². The van der Waals surface area contributed by atoms with Crippen molar-refractivity contribution in [3.63, 3.8) is 0 Å². The van der Waals surface area contributed by atoms with Gasteiger partial charge < -0.3 is 10.2 Å². The SMILES string of the molecule is C/C(=C\c1ccccc1)c1c(O)cccc1O. The summed E-state index contributed by atoms with van der Waals surface area (Å²) in [5, 5.41) is 19.5. The van der Waals surface area contributed by atoms with Gasteiger partial charge in [0.2, 0.25) is 0 Å². The van der Waals surface area contributed by atoms with Crippen LogP contribution in [0.4, 0.5) is 0 Å². The van der Waals surface area contributed by atoms with Gasteiger partial charge in [-0.05, 0) is 30.2 Å². The Kier molecular flexibility index (Phi) is 3.15. The Morgan fingerprint density at radius 3 is 2.06 bits per heavy atom. The lowest BCUT2D eigenvalue weighted by molar-refractivity contribution is 0.447. The van der Waals surface area contributed by atoms with E-state index in [9.17, 15) is 10.2 Å². The highest BCUT2D eigenvalue weighted by molar-refractivity contribution is 5.85. The first-order valence-electron chi connectivity index (χ1n) is 5.43. The molecule has 0 unspecified atom stereocenters. The van der Waals surface area contributed by atoms with Crippen molar-refractivity contribution in [1.82, 2.24) is 0 Å². The molecule has 0 spiro atoms. The highest BCUT2D eigenvalue weighted by Gasteiger charge is 2.08. The molecule has 2 aromatic rings. The number of hydrogen-bond donors (Lipinski definition) is 2. The summed E-state index contributed by atoms with van der Waals surface area (Å²) in [5.74, 6) is 0.185. The smallest absolute Gasteiger partial charge is 0.126 e. The van der Waals surface area contributed by atoms with Gasteiger partial charge in [-0.15, -0.1) is 0 Å². The van der Waals surface area contributed by atoms with Crippen LogP contribution in [0.25, 0.3) is 11.6 Å². The van der Waals surface area contributed by atoms with Crippen LogP contribution in [-0.4, -0.2) is 10.2 Å². The molecule has 0 aliphatic rings. The van der Waals surface area contributed by atoms with E-state index in [-0.39, 0.29) is 11.5 Å². The molecule has 0 aliphatic carbocycles. The number of phenolic OH excluding ortho intramolecular Hbond substituents is 2. The van der Waals surface area contributed by atoms with Gasteiger partial charge in [-0.3, -0.25) is 0 Å². The second-order valence-electron chi connectivity index (χ2n) is 3.91. The first-order valence-corrected chi connectivity index (χ1v) is 5.43. The predicted molar refractivity (Wildman–Crippen MR) is 69.8 cm³/mol. The average Bonchev–Trinajstić information content (AvgIpc) is 2.30. The monoisotopic (exact) mass is 226 g/mol. The molecule has 0 saturated heterocycles. The molecule has 2 N–H and O–H groups in total. The predicted octanol–water partition coefficient (Wildman–Crippen LogP) is 3.66. The molecule has 0 aliphatic heterocycles. The largest absolute Gasteiger partial charge is 0.507 e. The van der Waals surface area contributed by atoms with Gasteiger partial charge >= 0.3 is 0 Å². The van der Waals surface area contributed by atoms with Crippen LogP contribution in [0.1, 0.15) is 18.1 Å². The second-order valence-corrected chi connectivity index (χ2v) is 3.91. The minimum absolute atomic E-state index is 0.0923. The topological polar surface area (TPSA) is 40.5 Å². The maximum absolute atomic E-state index is 9.74. The van der Waals surface area contributed by atoms with Gasteiger partial charge in [-0.25, -0.2) is 0 Å². The van der Waals surface area contributed by atoms with E-state index in [0.29, 0.717) is 5.56 Å². The number of aromatic hydroxyl groups is 2. The molecule has 86 valence electrons. The standard InChI is InChI=1S/C15H14O2/c1-11(10-12-6-3-2-4-7-12)15-13(16)8-5-9-14(15)17/h2-10,16-17H,1H3/b11-10+. The fraction of sp³-hybridized carbons (Fsp3) is 0.0667. The van der Waals surface area contributed by atoms with Crippen LogP contribution in [0, 0.1) is 0 Å². The fourth-order valence-electron chi connectivity index (χ4n) is 1.80. The van der Waals surface area contributed by atoms with E-state index in [0.717, 1.165) is 11.1 Å². The minimum atomic E-state index is 0.0923. The first kappa shape index (κ1) is 11.3. The lowest BCUT2D eigenvalue weighted by Crippen LogP contribution is -1.83. The number of phenols is 2. The zero-order chi connectivity index (χ0) is 12.3. The van der Waals surface area contributed by atoms with Crippen molar-refractivity contribution >= 4 is 11.6 Å². The van der Waals surface area contributed by atoms with Crippen molar-refractivity contribution in [2.75, 3.05) is 0 Å². The maximum Gasteiger partial charge on any atom is 0.126 e.